The Balaban J connectivity index is 1.63. The number of nitrogens with zero attached hydrogens (tertiary/aromatic N) is 2. The molecular formula is C23H35N3O4S. The fourth-order valence-corrected chi connectivity index (χ4v) is 6.33. The summed E-state index contributed by atoms with van der Waals surface area (Å²) >= 11 is 0. The second-order valence-electron chi connectivity index (χ2n) is 8.92. The lowest BCUT2D eigenvalue weighted by Crippen LogP contribution is -2.40. The molecule has 2 saturated heterocycles. The number of ether oxygens (including phenoxy) is 1. The Morgan fingerprint density at radius 3 is 2.23 bits per heavy atom. The van der Waals surface area contributed by atoms with Crippen molar-refractivity contribution in [2.75, 3.05) is 49.6 Å². The van der Waals surface area contributed by atoms with Crippen LogP contribution in [0.25, 0.3) is 0 Å². The second-order valence-corrected chi connectivity index (χ2v) is 10.9. The Morgan fingerprint density at radius 1 is 0.903 bits per heavy atom. The molecule has 0 aromatic heterocycles. The molecule has 2 heterocycles. The van der Waals surface area contributed by atoms with E-state index in [1.165, 1.54) is 23.6 Å². The first-order valence-electron chi connectivity index (χ1n) is 11.8. The Bertz CT molecular complexity index is 854. The van der Waals surface area contributed by atoms with Gasteiger partial charge in [0.25, 0.3) is 0 Å². The molecule has 1 amide bonds. The smallest absolute Gasteiger partial charge is 0.243 e. The van der Waals surface area contributed by atoms with Crippen LogP contribution < -0.4 is 10.2 Å². The highest BCUT2D eigenvalue weighted by Crippen LogP contribution is 2.33. The standard InChI is InChI=1S/C23H35N3O4S/c27-23(19-8-4-3-5-9-19)24-21-18-20(31(28,29)26-14-16-30-17-15-26)10-11-22(21)25-12-6-1-2-7-13-25/h10-11,18-19H,1-9,12-17H2,(H,24,27). The number of amides is 1. The van der Waals surface area contributed by atoms with Gasteiger partial charge in [-0.05, 0) is 43.9 Å². The van der Waals surface area contributed by atoms with E-state index in [0.29, 0.717) is 32.0 Å². The average Bonchev–Trinajstić information content (AvgIpc) is 3.10. The molecule has 3 aliphatic rings. The minimum Gasteiger partial charge on any atom is -0.379 e. The van der Waals surface area contributed by atoms with Crippen molar-refractivity contribution in [3.8, 4) is 0 Å². The van der Waals surface area contributed by atoms with Crippen LogP contribution in [0, 0.1) is 5.92 Å². The predicted molar refractivity (Wildman–Crippen MR) is 122 cm³/mol. The summed E-state index contributed by atoms with van der Waals surface area (Å²) in [5, 5.41) is 3.13. The maximum absolute atomic E-state index is 13.2. The average molecular weight is 450 g/mol. The molecule has 1 saturated carbocycles. The van der Waals surface area contributed by atoms with Gasteiger partial charge >= 0.3 is 0 Å². The van der Waals surface area contributed by atoms with Crippen molar-refractivity contribution in [2.24, 2.45) is 5.92 Å². The van der Waals surface area contributed by atoms with Gasteiger partial charge in [0.05, 0.1) is 29.5 Å². The van der Waals surface area contributed by atoms with Crippen LogP contribution in [0.4, 0.5) is 11.4 Å². The maximum Gasteiger partial charge on any atom is 0.243 e. The molecule has 0 radical (unpaired) electrons. The largest absolute Gasteiger partial charge is 0.379 e. The van der Waals surface area contributed by atoms with E-state index in [2.05, 4.69) is 10.2 Å². The van der Waals surface area contributed by atoms with Gasteiger partial charge < -0.3 is 15.0 Å². The molecule has 172 valence electrons. The molecule has 8 heteroatoms. The van der Waals surface area contributed by atoms with Crippen molar-refractivity contribution in [1.29, 1.82) is 0 Å². The van der Waals surface area contributed by atoms with Crippen LogP contribution in [0.2, 0.25) is 0 Å². The fourth-order valence-electron chi connectivity index (χ4n) is 4.90. The van der Waals surface area contributed by atoms with Gasteiger partial charge in [-0.3, -0.25) is 4.79 Å². The van der Waals surface area contributed by atoms with Crippen LogP contribution >= 0.6 is 0 Å². The Labute approximate surface area is 186 Å². The van der Waals surface area contributed by atoms with E-state index in [1.54, 1.807) is 12.1 Å². The highest BCUT2D eigenvalue weighted by Gasteiger charge is 2.29. The van der Waals surface area contributed by atoms with Gasteiger partial charge in [0.1, 0.15) is 0 Å². The van der Waals surface area contributed by atoms with Gasteiger partial charge in [0, 0.05) is 32.1 Å². The number of hydrogen-bond acceptors (Lipinski definition) is 5. The summed E-state index contributed by atoms with van der Waals surface area (Å²) in [6.45, 7) is 3.41. The monoisotopic (exact) mass is 449 g/mol. The van der Waals surface area contributed by atoms with Gasteiger partial charge in [-0.1, -0.05) is 32.1 Å². The maximum atomic E-state index is 13.2. The van der Waals surface area contributed by atoms with Crippen LogP contribution in [-0.2, 0) is 19.6 Å². The summed E-state index contributed by atoms with van der Waals surface area (Å²) in [6, 6.07) is 5.25. The summed E-state index contributed by atoms with van der Waals surface area (Å²) in [4.78, 5) is 15.6. The lowest BCUT2D eigenvalue weighted by molar-refractivity contribution is -0.120. The normalized spacial score (nSPS) is 22.1. The number of rotatable bonds is 5. The third-order valence-corrected chi connectivity index (χ3v) is 8.65. The number of nitrogens with one attached hydrogen (secondary N) is 1. The number of sulfonamides is 1. The van der Waals surface area contributed by atoms with Crippen molar-refractivity contribution in [3.63, 3.8) is 0 Å². The van der Waals surface area contributed by atoms with Crippen LogP contribution in [0.15, 0.2) is 23.1 Å². The molecule has 0 unspecified atom stereocenters. The van der Waals surface area contributed by atoms with E-state index in [0.717, 1.165) is 57.3 Å². The van der Waals surface area contributed by atoms with Gasteiger partial charge in [0.15, 0.2) is 0 Å². The fraction of sp³-hybridized carbons (Fsp3) is 0.696. The highest BCUT2D eigenvalue weighted by atomic mass is 32.2. The molecular weight excluding hydrogens is 414 g/mol. The molecule has 4 rings (SSSR count). The Kier molecular flexibility index (Phi) is 7.51. The molecule has 1 aliphatic carbocycles. The van der Waals surface area contributed by atoms with Crippen LogP contribution in [0.1, 0.15) is 57.8 Å². The quantitative estimate of drug-likeness (QED) is 0.743. The number of benzene rings is 1. The molecule has 1 aromatic carbocycles. The number of carbonyl (C=O) groups is 1. The Hall–Kier alpha value is -1.64. The molecule has 1 aromatic rings. The second kappa shape index (κ2) is 10.3. The van der Waals surface area contributed by atoms with Crippen molar-refractivity contribution in [2.45, 2.75) is 62.7 Å². The first-order chi connectivity index (χ1) is 15.1. The lowest BCUT2D eigenvalue weighted by atomic mass is 9.88. The van der Waals surface area contributed by atoms with Gasteiger partial charge in [-0.25, -0.2) is 8.42 Å². The summed E-state index contributed by atoms with van der Waals surface area (Å²) in [6.07, 6.45) is 9.84. The minimum absolute atomic E-state index is 0.0187. The van der Waals surface area contributed by atoms with E-state index < -0.39 is 10.0 Å². The predicted octanol–water partition coefficient (Wildman–Crippen LogP) is 3.61. The number of carbonyl (C=O) groups excluding carboxylic acids is 1. The van der Waals surface area contributed by atoms with E-state index in [1.807, 2.05) is 6.07 Å². The highest BCUT2D eigenvalue weighted by molar-refractivity contribution is 7.89. The Morgan fingerprint density at radius 2 is 1.55 bits per heavy atom. The number of hydrogen-bond donors (Lipinski definition) is 1. The van der Waals surface area contributed by atoms with E-state index in [9.17, 15) is 13.2 Å². The summed E-state index contributed by atoms with van der Waals surface area (Å²) in [5.41, 5.74) is 1.57. The van der Waals surface area contributed by atoms with Gasteiger partial charge in [0.2, 0.25) is 15.9 Å². The van der Waals surface area contributed by atoms with E-state index in [4.69, 9.17) is 4.74 Å². The van der Waals surface area contributed by atoms with Gasteiger partial charge in [-0.2, -0.15) is 4.31 Å². The van der Waals surface area contributed by atoms with E-state index >= 15 is 0 Å². The van der Waals surface area contributed by atoms with Crippen LogP contribution in [-0.4, -0.2) is 58.0 Å². The minimum atomic E-state index is -3.62. The van der Waals surface area contributed by atoms with Crippen molar-refractivity contribution in [1.82, 2.24) is 4.31 Å². The topological polar surface area (TPSA) is 79.0 Å². The summed E-state index contributed by atoms with van der Waals surface area (Å²) in [7, 11) is -3.62. The van der Waals surface area contributed by atoms with Crippen LogP contribution in [0.5, 0.6) is 0 Å². The summed E-state index contributed by atoms with van der Waals surface area (Å²) < 4.78 is 33.2. The molecule has 31 heavy (non-hydrogen) atoms. The van der Waals surface area contributed by atoms with Crippen molar-refractivity contribution >= 4 is 27.3 Å². The zero-order valence-electron chi connectivity index (χ0n) is 18.4. The third kappa shape index (κ3) is 5.41. The molecule has 3 fully saturated rings. The SMILES string of the molecule is O=C(Nc1cc(S(=O)(=O)N2CCOCC2)ccc1N1CCCCCC1)C1CCCCC1. The zero-order valence-corrected chi connectivity index (χ0v) is 19.2. The van der Waals surface area contributed by atoms with Crippen molar-refractivity contribution < 1.29 is 17.9 Å². The number of morpholine rings is 1. The molecule has 7 nitrogen and oxygen atoms in total. The van der Waals surface area contributed by atoms with Crippen LogP contribution in [0.3, 0.4) is 0 Å². The summed E-state index contributed by atoms with van der Waals surface area (Å²) in [5.74, 6) is 0.0435. The third-order valence-electron chi connectivity index (χ3n) is 6.76. The van der Waals surface area contributed by atoms with E-state index in [-0.39, 0.29) is 16.7 Å². The molecule has 2 aliphatic heterocycles. The molecule has 0 bridgehead atoms. The lowest BCUT2D eigenvalue weighted by Gasteiger charge is -2.29. The van der Waals surface area contributed by atoms with Gasteiger partial charge in [-0.15, -0.1) is 0 Å². The van der Waals surface area contributed by atoms with Crippen molar-refractivity contribution in [3.05, 3.63) is 18.2 Å². The molecule has 0 atom stereocenters. The first-order valence-corrected chi connectivity index (χ1v) is 13.3. The molecule has 1 N–H and O–H groups in total. The molecule has 0 spiro atoms. The zero-order chi connectivity index (χ0) is 21.7. The number of anilines is 2. The first kappa shape index (κ1) is 22.6.